The molecule has 27 heavy (non-hydrogen) atoms. The molecule has 0 spiro atoms. The topological polar surface area (TPSA) is 56.2 Å². The monoisotopic (exact) mass is 511 g/mol. The third kappa shape index (κ3) is 5.12. The van der Waals surface area contributed by atoms with Crippen LogP contribution in [0, 0.1) is 0 Å². The summed E-state index contributed by atoms with van der Waals surface area (Å²) >= 11 is 12.9. The van der Waals surface area contributed by atoms with Crippen molar-refractivity contribution in [2.75, 3.05) is 0 Å². The summed E-state index contributed by atoms with van der Waals surface area (Å²) in [6.45, 7) is 0.758. The normalized spacial score (nSPS) is 10.7. The first-order valence-corrected chi connectivity index (χ1v) is 10.0. The second-order valence-corrected chi connectivity index (χ2v) is 7.98. The fraction of sp³-hybridized carbons (Fsp3) is 0.158. The SMILES string of the molecule is Cn1ncc(Br)c1CNC(=O)c1ccc(COc2ccc(Br)cc2Cl)cc1. The fourth-order valence-electron chi connectivity index (χ4n) is 2.41. The molecule has 0 atom stereocenters. The van der Waals surface area contributed by atoms with Gasteiger partial charge in [-0.1, -0.05) is 39.7 Å². The lowest BCUT2D eigenvalue weighted by Gasteiger charge is -2.10. The van der Waals surface area contributed by atoms with Gasteiger partial charge in [0, 0.05) is 17.1 Å². The predicted octanol–water partition coefficient (Wildman–Crippen LogP) is 5.11. The third-order valence-electron chi connectivity index (χ3n) is 3.93. The summed E-state index contributed by atoms with van der Waals surface area (Å²) in [5.74, 6) is 0.468. The van der Waals surface area contributed by atoms with Crippen molar-refractivity contribution in [3.63, 3.8) is 0 Å². The van der Waals surface area contributed by atoms with E-state index < -0.39 is 0 Å². The van der Waals surface area contributed by atoms with E-state index in [1.165, 1.54) is 0 Å². The molecule has 140 valence electrons. The molecule has 0 unspecified atom stereocenters. The number of nitrogens with one attached hydrogen (secondary N) is 1. The van der Waals surface area contributed by atoms with Crippen LogP contribution in [-0.4, -0.2) is 15.7 Å². The lowest BCUT2D eigenvalue weighted by atomic mass is 10.1. The van der Waals surface area contributed by atoms with E-state index in [2.05, 4.69) is 42.3 Å². The molecular formula is C19H16Br2ClN3O2. The Morgan fingerprint density at radius 2 is 1.96 bits per heavy atom. The van der Waals surface area contributed by atoms with Crippen LogP contribution in [0.5, 0.6) is 5.75 Å². The molecule has 5 nitrogen and oxygen atoms in total. The number of hydrogen-bond acceptors (Lipinski definition) is 3. The Hall–Kier alpha value is -1.83. The van der Waals surface area contributed by atoms with Gasteiger partial charge in [0.1, 0.15) is 12.4 Å². The average Bonchev–Trinajstić information content (AvgIpc) is 2.97. The maximum atomic E-state index is 12.3. The van der Waals surface area contributed by atoms with Crippen molar-refractivity contribution in [1.82, 2.24) is 15.1 Å². The van der Waals surface area contributed by atoms with Crippen LogP contribution in [0.1, 0.15) is 21.6 Å². The van der Waals surface area contributed by atoms with Gasteiger partial charge in [-0.15, -0.1) is 0 Å². The molecule has 0 bridgehead atoms. The lowest BCUT2D eigenvalue weighted by molar-refractivity contribution is 0.0950. The zero-order chi connectivity index (χ0) is 19.4. The average molecular weight is 514 g/mol. The van der Waals surface area contributed by atoms with Crippen LogP contribution in [0.4, 0.5) is 0 Å². The second kappa shape index (κ2) is 8.91. The molecule has 1 amide bonds. The molecule has 1 aromatic heterocycles. The Bertz CT molecular complexity index is 939. The van der Waals surface area contributed by atoms with Crippen molar-refractivity contribution >= 4 is 49.4 Å². The van der Waals surface area contributed by atoms with E-state index in [1.807, 2.05) is 31.3 Å². The van der Waals surface area contributed by atoms with E-state index in [9.17, 15) is 4.79 Å². The number of nitrogens with zero attached hydrogens (tertiary/aromatic N) is 2. The summed E-state index contributed by atoms with van der Waals surface area (Å²) < 4.78 is 9.21. The van der Waals surface area contributed by atoms with Gasteiger partial charge in [-0.3, -0.25) is 9.48 Å². The standard InChI is InChI=1S/C19H16Br2ClN3O2/c1-25-17(15(21)9-24-25)10-23-19(26)13-4-2-12(3-5-13)11-27-18-7-6-14(20)8-16(18)22/h2-9H,10-11H2,1H3,(H,23,26). The maximum Gasteiger partial charge on any atom is 0.251 e. The van der Waals surface area contributed by atoms with Crippen LogP contribution >= 0.6 is 43.5 Å². The number of rotatable bonds is 6. The zero-order valence-corrected chi connectivity index (χ0v) is 18.3. The van der Waals surface area contributed by atoms with Crippen molar-refractivity contribution in [1.29, 1.82) is 0 Å². The number of aryl methyl sites for hydroxylation is 1. The number of aromatic nitrogens is 2. The molecule has 0 radical (unpaired) electrons. The smallest absolute Gasteiger partial charge is 0.251 e. The first-order chi connectivity index (χ1) is 12.9. The van der Waals surface area contributed by atoms with Crippen LogP contribution in [0.15, 0.2) is 57.6 Å². The van der Waals surface area contributed by atoms with E-state index in [4.69, 9.17) is 16.3 Å². The summed E-state index contributed by atoms with van der Waals surface area (Å²) in [6.07, 6.45) is 1.70. The molecule has 0 saturated heterocycles. The first-order valence-electron chi connectivity index (χ1n) is 8.05. The number of carbonyl (C=O) groups excluding carboxylic acids is 1. The highest BCUT2D eigenvalue weighted by atomic mass is 79.9. The summed E-state index contributed by atoms with van der Waals surface area (Å²) in [6, 6.07) is 12.7. The van der Waals surface area contributed by atoms with Gasteiger partial charge in [0.25, 0.3) is 5.91 Å². The van der Waals surface area contributed by atoms with Crippen LogP contribution < -0.4 is 10.1 Å². The third-order valence-corrected chi connectivity index (χ3v) is 5.38. The Labute approximate surface area is 178 Å². The molecular weight excluding hydrogens is 497 g/mol. The number of halogens is 3. The van der Waals surface area contributed by atoms with Crippen molar-refractivity contribution in [2.45, 2.75) is 13.2 Å². The molecule has 0 fully saturated rings. The Balaban J connectivity index is 1.57. The number of ether oxygens (including phenoxy) is 1. The van der Waals surface area contributed by atoms with Gasteiger partial charge < -0.3 is 10.1 Å². The minimum absolute atomic E-state index is 0.147. The summed E-state index contributed by atoms with van der Waals surface area (Å²) in [5.41, 5.74) is 2.43. The zero-order valence-electron chi connectivity index (χ0n) is 14.4. The highest BCUT2D eigenvalue weighted by molar-refractivity contribution is 9.10. The molecule has 1 heterocycles. The highest BCUT2D eigenvalue weighted by Gasteiger charge is 2.10. The lowest BCUT2D eigenvalue weighted by Crippen LogP contribution is -2.24. The molecule has 2 aromatic carbocycles. The van der Waals surface area contributed by atoms with Gasteiger partial charge in [0.2, 0.25) is 0 Å². The molecule has 0 aliphatic carbocycles. The molecule has 0 aliphatic heterocycles. The van der Waals surface area contributed by atoms with Crippen molar-refractivity contribution in [3.8, 4) is 5.75 Å². The fourth-order valence-corrected chi connectivity index (χ4v) is 3.62. The molecule has 3 rings (SSSR count). The van der Waals surface area contributed by atoms with Crippen LogP contribution in [-0.2, 0) is 20.2 Å². The number of amides is 1. The molecule has 1 N–H and O–H groups in total. The van der Waals surface area contributed by atoms with Gasteiger partial charge in [-0.05, 0) is 51.8 Å². The number of hydrogen-bond donors (Lipinski definition) is 1. The minimum atomic E-state index is -0.147. The predicted molar refractivity (Wildman–Crippen MR) is 112 cm³/mol. The highest BCUT2D eigenvalue weighted by Crippen LogP contribution is 2.28. The van der Waals surface area contributed by atoms with Crippen LogP contribution in [0.3, 0.4) is 0 Å². The van der Waals surface area contributed by atoms with Gasteiger partial charge in [-0.25, -0.2) is 0 Å². The Kier molecular flexibility index (Phi) is 6.57. The minimum Gasteiger partial charge on any atom is -0.487 e. The van der Waals surface area contributed by atoms with E-state index in [0.29, 0.717) is 29.5 Å². The van der Waals surface area contributed by atoms with Crippen molar-refractivity contribution < 1.29 is 9.53 Å². The summed E-state index contributed by atoms with van der Waals surface area (Å²) in [4.78, 5) is 12.3. The summed E-state index contributed by atoms with van der Waals surface area (Å²) in [7, 11) is 1.83. The van der Waals surface area contributed by atoms with Crippen molar-refractivity contribution in [2.24, 2.45) is 7.05 Å². The van der Waals surface area contributed by atoms with Crippen molar-refractivity contribution in [3.05, 3.63) is 79.5 Å². The Morgan fingerprint density at radius 1 is 1.22 bits per heavy atom. The van der Waals surface area contributed by atoms with E-state index in [1.54, 1.807) is 29.1 Å². The second-order valence-electron chi connectivity index (χ2n) is 5.81. The van der Waals surface area contributed by atoms with Gasteiger partial charge >= 0.3 is 0 Å². The van der Waals surface area contributed by atoms with Crippen LogP contribution in [0.2, 0.25) is 5.02 Å². The van der Waals surface area contributed by atoms with Crippen LogP contribution in [0.25, 0.3) is 0 Å². The summed E-state index contributed by atoms with van der Waals surface area (Å²) in [5, 5.41) is 7.56. The van der Waals surface area contributed by atoms with Gasteiger partial charge in [-0.2, -0.15) is 5.10 Å². The largest absolute Gasteiger partial charge is 0.487 e. The van der Waals surface area contributed by atoms with E-state index in [0.717, 1.165) is 20.2 Å². The van der Waals surface area contributed by atoms with E-state index in [-0.39, 0.29) is 5.91 Å². The molecule has 3 aromatic rings. The first kappa shape index (κ1) is 19.9. The van der Waals surface area contributed by atoms with Gasteiger partial charge in [0.15, 0.2) is 0 Å². The number of benzene rings is 2. The van der Waals surface area contributed by atoms with E-state index >= 15 is 0 Å². The Morgan fingerprint density at radius 3 is 2.59 bits per heavy atom. The van der Waals surface area contributed by atoms with Gasteiger partial charge in [0.05, 0.1) is 27.9 Å². The molecule has 0 saturated carbocycles. The quantitative estimate of drug-likeness (QED) is 0.499. The maximum absolute atomic E-state index is 12.3. The number of carbonyl (C=O) groups is 1. The molecule has 8 heteroatoms. The molecule has 0 aliphatic rings.